The molecule has 3 aromatic rings. The summed E-state index contributed by atoms with van der Waals surface area (Å²) in [4.78, 5) is 14.2. The molecule has 1 amide bonds. The second kappa shape index (κ2) is 8.04. The SMILES string of the molecule is CC1=NN(c2ccccc2)C(=O)C12[C@@H](c1ccc(F)cc1)NC(=S)N[C@H]2c1ccc(F)cc1. The zero-order valence-electron chi connectivity index (χ0n) is 17.6. The number of carbonyl (C=O) groups is 1. The molecular weight excluding hydrogens is 442 g/mol. The fourth-order valence-electron chi connectivity index (χ4n) is 4.72. The highest BCUT2D eigenvalue weighted by molar-refractivity contribution is 7.80. The number of rotatable bonds is 3. The van der Waals surface area contributed by atoms with E-state index in [0.29, 0.717) is 27.6 Å². The van der Waals surface area contributed by atoms with E-state index in [0.717, 1.165) is 0 Å². The van der Waals surface area contributed by atoms with Crippen LogP contribution in [0.1, 0.15) is 30.1 Å². The third-order valence-electron chi connectivity index (χ3n) is 6.26. The van der Waals surface area contributed by atoms with Crippen LogP contribution in [0.4, 0.5) is 14.5 Å². The van der Waals surface area contributed by atoms with Crippen molar-refractivity contribution in [2.75, 3.05) is 5.01 Å². The number of benzene rings is 3. The lowest BCUT2D eigenvalue weighted by atomic mass is 9.65. The summed E-state index contributed by atoms with van der Waals surface area (Å²) in [6, 6.07) is 19.8. The quantitative estimate of drug-likeness (QED) is 0.557. The van der Waals surface area contributed by atoms with Gasteiger partial charge in [0.15, 0.2) is 5.11 Å². The van der Waals surface area contributed by atoms with Crippen molar-refractivity contribution in [2.45, 2.75) is 19.0 Å². The number of halogens is 2. The van der Waals surface area contributed by atoms with Crippen molar-refractivity contribution in [3.8, 4) is 0 Å². The van der Waals surface area contributed by atoms with Crippen molar-refractivity contribution >= 4 is 34.6 Å². The van der Waals surface area contributed by atoms with Gasteiger partial charge in [-0.3, -0.25) is 4.79 Å². The molecule has 166 valence electrons. The number of hydrazone groups is 1. The summed E-state index contributed by atoms with van der Waals surface area (Å²) < 4.78 is 27.4. The predicted molar refractivity (Wildman–Crippen MR) is 127 cm³/mol. The van der Waals surface area contributed by atoms with Gasteiger partial charge in [0, 0.05) is 0 Å². The van der Waals surface area contributed by atoms with Crippen LogP contribution in [-0.2, 0) is 4.79 Å². The van der Waals surface area contributed by atoms with Crippen molar-refractivity contribution in [1.29, 1.82) is 0 Å². The molecular formula is C25H20F2N4OS. The maximum atomic E-state index is 14.2. The molecule has 0 aliphatic carbocycles. The highest BCUT2D eigenvalue weighted by Gasteiger charge is 2.62. The number of hydrogen-bond acceptors (Lipinski definition) is 3. The van der Waals surface area contributed by atoms with Gasteiger partial charge in [-0.05, 0) is 66.7 Å². The van der Waals surface area contributed by atoms with E-state index in [-0.39, 0.29) is 17.5 Å². The van der Waals surface area contributed by atoms with E-state index >= 15 is 0 Å². The lowest BCUT2D eigenvalue weighted by Crippen LogP contribution is -2.63. The molecule has 3 atom stereocenters. The van der Waals surface area contributed by atoms with Crippen LogP contribution in [-0.4, -0.2) is 16.7 Å². The normalized spacial score (nSPS) is 24.5. The Labute approximate surface area is 195 Å². The summed E-state index contributed by atoms with van der Waals surface area (Å²) in [5, 5.41) is 12.8. The second-order valence-electron chi connectivity index (χ2n) is 8.09. The van der Waals surface area contributed by atoms with Crippen LogP contribution in [0.3, 0.4) is 0 Å². The highest BCUT2D eigenvalue weighted by Crippen LogP contribution is 2.52. The number of para-hydroxylation sites is 1. The maximum absolute atomic E-state index is 14.2. The fraction of sp³-hybridized carbons (Fsp3) is 0.160. The van der Waals surface area contributed by atoms with Gasteiger partial charge < -0.3 is 10.6 Å². The Morgan fingerprint density at radius 3 is 1.82 bits per heavy atom. The van der Waals surface area contributed by atoms with Gasteiger partial charge in [0.2, 0.25) is 0 Å². The summed E-state index contributed by atoms with van der Waals surface area (Å²) in [5.74, 6) is -1.03. The van der Waals surface area contributed by atoms with Gasteiger partial charge in [-0.2, -0.15) is 10.1 Å². The molecule has 8 heteroatoms. The van der Waals surface area contributed by atoms with Crippen molar-refractivity contribution in [3.05, 3.63) is 102 Å². The first-order valence-corrected chi connectivity index (χ1v) is 10.9. The van der Waals surface area contributed by atoms with Gasteiger partial charge in [0.1, 0.15) is 17.0 Å². The summed E-state index contributed by atoms with van der Waals surface area (Å²) in [6.07, 6.45) is 0. The number of anilines is 1. The van der Waals surface area contributed by atoms with Crippen LogP contribution in [0, 0.1) is 17.0 Å². The first-order valence-electron chi connectivity index (χ1n) is 10.4. The Morgan fingerprint density at radius 1 is 0.848 bits per heavy atom. The largest absolute Gasteiger partial charge is 0.354 e. The van der Waals surface area contributed by atoms with Crippen molar-refractivity contribution in [1.82, 2.24) is 10.6 Å². The van der Waals surface area contributed by atoms with E-state index in [1.807, 2.05) is 30.3 Å². The lowest BCUT2D eigenvalue weighted by molar-refractivity contribution is -0.126. The zero-order chi connectivity index (χ0) is 23.2. The summed E-state index contributed by atoms with van der Waals surface area (Å²) in [7, 11) is 0. The Balaban J connectivity index is 1.72. The summed E-state index contributed by atoms with van der Waals surface area (Å²) in [5.41, 5.74) is 1.31. The molecule has 0 saturated carbocycles. The Bertz CT molecular complexity index is 1190. The average molecular weight is 463 g/mol. The van der Waals surface area contributed by atoms with Crippen molar-refractivity contribution in [2.24, 2.45) is 10.5 Å². The lowest BCUT2D eigenvalue weighted by Gasteiger charge is -2.47. The van der Waals surface area contributed by atoms with Crippen LogP contribution < -0.4 is 15.6 Å². The molecule has 5 nitrogen and oxygen atoms in total. The average Bonchev–Trinajstić information content (AvgIpc) is 3.08. The molecule has 3 aromatic carbocycles. The van der Waals surface area contributed by atoms with E-state index in [1.165, 1.54) is 29.3 Å². The molecule has 2 N–H and O–H groups in total. The number of thiocarbonyl (C=S) groups is 1. The molecule has 1 spiro atoms. The predicted octanol–water partition coefficient (Wildman–Crippen LogP) is 4.63. The smallest absolute Gasteiger partial charge is 0.264 e. The summed E-state index contributed by atoms with van der Waals surface area (Å²) in [6.45, 7) is 1.80. The Hall–Kier alpha value is -3.65. The molecule has 0 radical (unpaired) electrons. The third kappa shape index (κ3) is 3.38. The van der Waals surface area contributed by atoms with Crippen LogP contribution >= 0.6 is 12.2 Å². The van der Waals surface area contributed by atoms with Gasteiger partial charge in [-0.15, -0.1) is 0 Å². The number of carbonyl (C=O) groups excluding carboxylic acids is 1. The summed E-state index contributed by atoms with van der Waals surface area (Å²) >= 11 is 5.50. The first kappa shape index (κ1) is 21.2. The van der Waals surface area contributed by atoms with E-state index in [9.17, 15) is 13.6 Å². The molecule has 33 heavy (non-hydrogen) atoms. The highest BCUT2D eigenvalue weighted by atomic mass is 32.1. The van der Waals surface area contributed by atoms with Crippen LogP contribution in [0.2, 0.25) is 0 Å². The van der Waals surface area contributed by atoms with Crippen molar-refractivity contribution in [3.63, 3.8) is 0 Å². The molecule has 1 unspecified atom stereocenters. The fourth-order valence-corrected chi connectivity index (χ4v) is 4.95. The van der Waals surface area contributed by atoms with E-state index < -0.39 is 17.5 Å². The van der Waals surface area contributed by atoms with Crippen LogP contribution in [0.15, 0.2) is 84.0 Å². The third-order valence-corrected chi connectivity index (χ3v) is 6.50. The number of hydrogen-bond donors (Lipinski definition) is 2. The minimum atomic E-state index is -1.24. The minimum Gasteiger partial charge on any atom is -0.354 e. The molecule has 1 saturated heterocycles. The van der Waals surface area contributed by atoms with Gasteiger partial charge in [-0.25, -0.2) is 8.78 Å². The number of nitrogens with zero attached hydrogens (tertiary/aromatic N) is 2. The standard InChI is InChI=1S/C25H20F2N4OS/c1-15-25(23(32)31(30-15)20-5-3-2-4-6-20)21(16-7-11-18(26)12-8-16)28-24(33)29-22(25)17-9-13-19(27)14-10-17/h2-14,21-22H,1H3,(H2,28,29,33)/t21-,22+,25?. The minimum absolute atomic E-state index is 0.266. The van der Waals surface area contributed by atoms with E-state index in [1.54, 1.807) is 31.2 Å². The van der Waals surface area contributed by atoms with E-state index in [4.69, 9.17) is 12.2 Å². The van der Waals surface area contributed by atoms with Gasteiger partial charge in [-0.1, -0.05) is 42.5 Å². The molecule has 0 aromatic heterocycles. The second-order valence-corrected chi connectivity index (χ2v) is 8.50. The van der Waals surface area contributed by atoms with Crippen LogP contribution in [0.5, 0.6) is 0 Å². The molecule has 0 bridgehead atoms. The molecule has 2 aliphatic heterocycles. The van der Waals surface area contributed by atoms with Crippen LogP contribution in [0.25, 0.3) is 0 Å². The van der Waals surface area contributed by atoms with Gasteiger partial charge >= 0.3 is 0 Å². The van der Waals surface area contributed by atoms with Gasteiger partial charge in [0.05, 0.1) is 23.5 Å². The molecule has 2 aliphatic rings. The topological polar surface area (TPSA) is 56.7 Å². The Morgan fingerprint density at radius 2 is 1.33 bits per heavy atom. The maximum Gasteiger partial charge on any atom is 0.264 e. The van der Waals surface area contributed by atoms with Crippen molar-refractivity contribution < 1.29 is 13.6 Å². The molecule has 5 rings (SSSR count). The molecule has 1 fully saturated rings. The van der Waals surface area contributed by atoms with Gasteiger partial charge in [0.25, 0.3) is 5.91 Å². The Kier molecular flexibility index (Phi) is 5.17. The number of nitrogens with one attached hydrogen (secondary N) is 2. The monoisotopic (exact) mass is 462 g/mol. The number of amides is 1. The van der Waals surface area contributed by atoms with E-state index in [2.05, 4.69) is 15.7 Å². The molecule has 2 heterocycles. The zero-order valence-corrected chi connectivity index (χ0v) is 18.4. The first-order chi connectivity index (χ1) is 15.9.